The van der Waals surface area contributed by atoms with E-state index in [1.54, 1.807) is 0 Å². The number of thiophene rings is 2. The Balaban J connectivity index is 1.20. The van der Waals surface area contributed by atoms with Crippen LogP contribution >= 0.6 is 22.7 Å². The normalized spacial score (nSPS) is 12.1. The lowest BCUT2D eigenvalue weighted by atomic mass is 10.0. The van der Waals surface area contributed by atoms with E-state index >= 15 is 0 Å². The molecule has 3 nitrogen and oxygen atoms in total. The number of nitrogens with zero attached hydrogens (tertiary/aromatic N) is 3. The summed E-state index contributed by atoms with van der Waals surface area (Å²) in [5.41, 5.74) is 7.57. The Bertz CT molecular complexity index is 3090. The van der Waals surface area contributed by atoms with Crippen LogP contribution in [0.1, 0.15) is 0 Å². The smallest absolute Gasteiger partial charge is 0.160 e. The van der Waals surface area contributed by atoms with Gasteiger partial charge in [-0.15, -0.1) is 22.7 Å². The van der Waals surface area contributed by atoms with Crippen LogP contribution in [0.15, 0.2) is 152 Å². The van der Waals surface area contributed by atoms with Gasteiger partial charge in [0.25, 0.3) is 0 Å². The molecule has 11 aromatic rings. The van der Waals surface area contributed by atoms with Crippen LogP contribution in [-0.4, -0.2) is 14.5 Å². The molecule has 7 aromatic carbocycles. The lowest BCUT2D eigenvalue weighted by molar-refractivity contribution is 1.18. The van der Waals surface area contributed by atoms with E-state index in [0.717, 1.165) is 39.2 Å². The Hall–Kier alpha value is -5.88. The molecule has 0 aliphatic carbocycles. The summed E-state index contributed by atoms with van der Waals surface area (Å²) in [6, 6.07) is 54.2. The fraction of sp³-hybridized carbons (Fsp3) is 0. The van der Waals surface area contributed by atoms with E-state index in [1.807, 2.05) is 34.8 Å². The van der Waals surface area contributed by atoms with Gasteiger partial charge in [0.1, 0.15) is 0 Å². The minimum Gasteiger partial charge on any atom is -0.308 e. The van der Waals surface area contributed by atoms with Gasteiger partial charge in [0, 0.05) is 68.6 Å². The van der Waals surface area contributed by atoms with E-state index in [1.165, 1.54) is 62.2 Å². The van der Waals surface area contributed by atoms with Gasteiger partial charge < -0.3 is 4.57 Å². The van der Waals surface area contributed by atoms with Gasteiger partial charge in [-0.2, -0.15) is 0 Å². The van der Waals surface area contributed by atoms with Crippen LogP contribution in [0.3, 0.4) is 0 Å². The van der Waals surface area contributed by atoms with Crippen molar-refractivity contribution in [2.24, 2.45) is 0 Å². The largest absolute Gasteiger partial charge is 0.308 e. The Kier molecular flexibility index (Phi) is 5.70. The highest BCUT2D eigenvalue weighted by atomic mass is 32.1. The molecular formula is C44H25N3S2. The van der Waals surface area contributed by atoms with Gasteiger partial charge in [-0.3, -0.25) is 0 Å². The first-order valence-corrected chi connectivity index (χ1v) is 18.1. The maximum atomic E-state index is 5.14. The fourth-order valence-corrected chi connectivity index (χ4v) is 10.3. The van der Waals surface area contributed by atoms with E-state index in [0.29, 0.717) is 0 Å². The Morgan fingerprint density at radius 1 is 0.429 bits per heavy atom. The van der Waals surface area contributed by atoms with Crippen molar-refractivity contribution in [2.45, 2.75) is 0 Å². The van der Waals surface area contributed by atoms with Gasteiger partial charge in [0.15, 0.2) is 5.82 Å². The molecule has 49 heavy (non-hydrogen) atoms. The summed E-state index contributed by atoms with van der Waals surface area (Å²) in [4.78, 5) is 10.2. The fourth-order valence-electron chi connectivity index (χ4n) is 7.66. The topological polar surface area (TPSA) is 30.7 Å². The molecular weight excluding hydrogens is 635 g/mol. The quantitative estimate of drug-likeness (QED) is 0.189. The Morgan fingerprint density at radius 2 is 1.04 bits per heavy atom. The van der Waals surface area contributed by atoms with Crippen molar-refractivity contribution in [3.05, 3.63) is 152 Å². The molecule has 0 radical (unpaired) electrons. The zero-order valence-corrected chi connectivity index (χ0v) is 27.7. The van der Waals surface area contributed by atoms with Crippen LogP contribution in [0.25, 0.3) is 101 Å². The minimum atomic E-state index is 0.727. The van der Waals surface area contributed by atoms with Gasteiger partial charge in [-0.05, 0) is 48.5 Å². The Morgan fingerprint density at radius 3 is 1.82 bits per heavy atom. The first-order chi connectivity index (χ1) is 24.3. The number of fused-ring (bicyclic) bond motifs is 13. The van der Waals surface area contributed by atoms with E-state index < -0.39 is 0 Å². The SMILES string of the molecule is c1ccc(-c2nc(-c3ccc(-n4c5ccccc5c5c6c7ccccc7sc6c6c7ccccc7sc6c54)cc3)nc3ccccc23)cc1. The molecule has 5 heteroatoms. The second-order valence-corrected chi connectivity index (χ2v) is 14.6. The number of aromatic nitrogens is 3. The second kappa shape index (κ2) is 10.3. The molecule has 4 heterocycles. The predicted octanol–water partition coefficient (Wildman–Crippen LogP) is 12.8. The number of hydrogen-bond acceptors (Lipinski definition) is 4. The summed E-state index contributed by atoms with van der Waals surface area (Å²) in [6.45, 7) is 0. The van der Waals surface area contributed by atoms with E-state index in [4.69, 9.17) is 9.97 Å². The van der Waals surface area contributed by atoms with Crippen LogP contribution in [0.4, 0.5) is 0 Å². The van der Waals surface area contributed by atoms with Gasteiger partial charge in [0.05, 0.1) is 26.9 Å². The van der Waals surface area contributed by atoms with Crippen molar-refractivity contribution < 1.29 is 0 Å². The third kappa shape index (κ3) is 3.88. The molecule has 11 rings (SSSR count). The minimum absolute atomic E-state index is 0.727. The van der Waals surface area contributed by atoms with Crippen LogP contribution < -0.4 is 0 Å². The molecule has 0 bridgehead atoms. The lowest BCUT2D eigenvalue weighted by Crippen LogP contribution is -1.97. The first-order valence-electron chi connectivity index (χ1n) is 16.4. The first kappa shape index (κ1) is 27.1. The van der Waals surface area contributed by atoms with Crippen LogP contribution in [0, 0.1) is 0 Å². The molecule has 0 N–H and O–H groups in total. The molecule has 0 fully saturated rings. The van der Waals surface area contributed by atoms with E-state index in [-0.39, 0.29) is 0 Å². The van der Waals surface area contributed by atoms with Gasteiger partial charge in [-0.1, -0.05) is 103 Å². The number of para-hydroxylation sites is 2. The highest BCUT2D eigenvalue weighted by Gasteiger charge is 2.24. The average molecular weight is 660 g/mol. The average Bonchev–Trinajstić information content (AvgIpc) is 3.85. The van der Waals surface area contributed by atoms with Crippen molar-refractivity contribution in [3.63, 3.8) is 0 Å². The predicted molar refractivity (Wildman–Crippen MR) is 211 cm³/mol. The van der Waals surface area contributed by atoms with Crippen molar-refractivity contribution in [1.82, 2.24) is 14.5 Å². The van der Waals surface area contributed by atoms with Gasteiger partial charge in [0.2, 0.25) is 0 Å². The van der Waals surface area contributed by atoms with E-state index in [9.17, 15) is 0 Å². The summed E-state index contributed by atoms with van der Waals surface area (Å²) >= 11 is 3.83. The summed E-state index contributed by atoms with van der Waals surface area (Å²) in [5.74, 6) is 0.727. The van der Waals surface area contributed by atoms with Crippen LogP contribution in [0.2, 0.25) is 0 Å². The summed E-state index contributed by atoms with van der Waals surface area (Å²) in [6.07, 6.45) is 0. The molecule has 0 saturated carbocycles. The molecule has 4 aromatic heterocycles. The highest BCUT2D eigenvalue weighted by molar-refractivity contribution is 7.30. The van der Waals surface area contributed by atoms with Crippen molar-refractivity contribution in [2.75, 3.05) is 0 Å². The summed E-state index contributed by atoms with van der Waals surface area (Å²) in [7, 11) is 0. The molecule has 0 atom stereocenters. The lowest BCUT2D eigenvalue weighted by Gasteiger charge is -2.12. The van der Waals surface area contributed by atoms with Crippen molar-refractivity contribution in [1.29, 1.82) is 0 Å². The standard InChI is InChI=1S/C44H25N3S2/c1-2-12-26(13-3-1)40-29-14-4-8-18-33(29)45-44(46-40)27-22-24-28(25-23-27)47-34-19-9-5-15-30(34)37-38-31-16-6-10-20-35(31)48-42(38)39-32-17-7-11-21-36(32)49-43(39)41(37)47/h1-25H. The molecule has 0 saturated heterocycles. The molecule has 0 spiro atoms. The monoisotopic (exact) mass is 659 g/mol. The highest BCUT2D eigenvalue weighted by Crippen LogP contribution is 2.52. The van der Waals surface area contributed by atoms with Crippen LogP contribution in [0.5, 0.6) is 0 Å². The zero-order valence-electron chi connectivity index (χ0n) is 26.1. The van der Waals surface area contributed by atoms with Crippen molar-refractivity contribution >= 4 is 95.7 Å². The van der Waals surface area contributed by atoms with E-state index in [2.05, 4.69) is 144 Å². The third-order valence-electron chi connectivity index (χ3n) is 9.79. The number of benzene rings is 7. The molecule has 228 valence electrons. The van der Waals surface area contributed by atoms with Crippen molar-refractivity contribution in [3.8, 4) is 28.3 Å². The summed E-state index contributed by atoms with van der Waals surface area (Å²) in [5, 5.41) is 9.04. The zero-order chi connectivity index (χ0) is 32.1. The molecule has 0 aliphatic heterocycles. The number of rotatable bonds is 3. The maximum absolute atomic E-state index is 5.14. The number of hydrogen-bond donors (Lipinski definition) is 0. The molecule has 0 unspecified atom stereocenters. The third-order valence-corrected chi connectivity index (χ3v) is 12.2. The van der Waals surface area contributed by atoms with Gasteiger partial charge >= 0.3 is 0 Å². The second-order valence-electron chi connectivity index (χ2n) is 12.5. The van der Waals surface area contributed by atoms with Gasteiger partial charge in [-0.25, -0.2) is 9.97 Å². The van der Waals surface area contributed by atoms with Crippen LogP contribution in [-0.2, 0) is 0 Å². The molecule has 0 aliphatic rings. The maximum Gasteiger partial charge on any atom is 0.160 e. The molecule has 0 amide bonds. The summed E-state index contributed by atoms with van der Waals surface area (Å²) < 4.78 is 7.84. The Labute approximate surface area is 289 Å².